The largest absolute Gasteiger partial charge is 0.317 e. The van der Waals surface area contributed by atoms with Crippen molar-refractivity contribution in [2.45, 2.75) is 45.2 Å². The van der Waals surface area contributed by atoms with Crippen LogP contribution < -0.4 is 5.32 Å². The molecule has 1 aliphatic heterocycles. The molecular weight excluding hydrogens is 220 g/mol. The second-order valence-corrected chi connectivity index (χ2v) is 5.29. The first-order valence-electron chi connectivity index (χ1n) is 7.39. The van der Waals surface area contributed by atoms with Crippen LogP contribution in [0.2, 0.25) is 0 Å². The molecule has 2 heteroatoms. The van der Waals surface area contributed by atoms with Gasteiger partial charge in [0.1, 0.15) is 0 Å². The van der Waals surface area contributed by atoms with Crippen molar-refractivity contribution in [3.8, 4) is 0 Å². The van der Waals surface area contributed by atoms with Crippen LogP contribution >= 0.6 is 0 Å². The van der Waals surface area contributed by atoms with Crippen molar-refractivity contribution >= 4 is 0 Å². The molecule has 1 aliphatic rings. The van der Waals surface area contributed by atoms with E-state index in [0.717, 1.165) is 12.6 Å². The Morgan fingerprint density at radius 1 is 1.17 bits per heavy atom. The second kappa shape index (κ2) is 7.55. The van der Waals surface area contributed by atoms with Gasteiger partial charge < -0.3 is 5.32 Å². The van der Waals surface area contributed by atoms with Gasteiger partial charge in [0.2, 0.25) is 0 Å². The first kappa shape index (κ1) is 13.6. The fourth-order valence-corrected chi connectivity index (χ4v) is 2.86. The van der Waals surface area contributed by atoms with Crippen molar-refractivity contribution in [3.63, 3.8) is 0 Å². The average molecular weight is 246 g/mol. The number of hydrogen-bond donors (Lipinski definition) is 1. The van der Waals surface area contributed by atoms with Crippen LogP contribution in [0.3, 0.4) is 0 Å². The zero-order valence-electron chi connectivity index (χ0n) is 11.6. The van der Waals surface area contributed by atoms with Crippen LogP contribution in [0, 0.1) is 0 Å². The Morgan fingerprint density at radius 2 is 2.00 bits per heavy atom. The van der Waals surface area contributed by atoms with E-state index >= 15 is 0 Å². The first-order chi connectivity index (χ1) is 8.90. The second-order valence-electron chi connectivity index (χ2n) is 5.29. The summed E-state index contributed by atoms with van der Waals surface area (Å²) in [6, 6.07) is 11.7. The summed E-state index contributed by atoms with van der Waals surface area (Å²) in [6.07, 6.45) is 5.21. The molecule has 2 nitrogen and oxygen atoms in total. The van der Waals surface area contributed by atoms with Gasteiger partial charge >= 0.3 is 0 Å². The highest BCUT2D eigenvalue weighted by atomic mass is 15.2. The Morgan fingerprint density at radius 3 is 2.78 bits per heavy atom. The molecule has 2 rings (SSSR count). The van der Waals surface area contributed by atoms with Crippen molar-refractivity contribution in [1.82, 2.24) is 10.2 Å². The summed E-state index contributed by atoms with van der Waals surface area (Å²) in [6.45, 7) is 6.99. The van der Waals surface area contributed by atoms with Crippen molar-refractivity contribution in [3.05, 3.63) is 35.9 Å². The summed E-state index contributed by atoms with van der Waals surface area (Å²) in [7, 11) is 0. The SMILES string of the molecule is CCCN(Cc1ccccc1)C1CCCNCC1. The monoisotopic (exact) mass is 246 g/mol. The number of nitrogens with zero attached hydrogens (tertiary/aromatic N) is 1. The van der Waals surface area contributed by atoms with Gasteiger partial charge in [0.15, 0.2) is 0 Å². The third-order valence-electron chi connectivity index (χ3n) is 3.80. The molecule has 0 aliphatic carbocycles. The van der Waals surface area contributed by atoms with Gasteiger partial charge in [-0.2, -0.15) is 0 Å². The predicted molar refractivity (Wildman–Crippen MR) is 77.7 cm³/mol. The molecule has 100 valence electrons. The van der Waals surface area contributed by atoms with Crippen molar-refractivity contribution in [2.24, 2.45) is 0 Å². The molecule has 1 fully saturated rings. The van der Waals surface area contributed by atoms with Gasteiger partial charge in [-0.05, 0) is 50.9 Å². The van der Waals surface area contributed by atoms with Gasteiger partial charge in [0.05, 0.1) is 0 Å². The fraction of sp³-hybridized carbons (Fsp3) is 0.625. The number of hydrogen-bond acceptors (Lipinski definition) is 2. The molecule has 1 saturated heterocycles. The van der Waals surface area contributed by atoms with E-state index in [4.69, 9.17) is 0 Å². The standard InChI is InChI=1S/C16H26N2/c1-2-13-18(14-15-7-4-3-5-8-15)16-9-6-11-17-12-10-16/h3-5,7-8,16-17H,2,6,9-14H2,1H3. The minimum absolute atomic E-state index is 0.764. The lowest BCUT2D eigenvalue weighted by Crippen LogP contribution is -2.36. The fourth-order valence-electron chi connectivity index (χ4n) is 2.86. The minimum Gasteiger partial charge on any atom is -0.317 e. The van der Waals surface area contributed by atoms with Gasteiger partial charge in [-0.25, -0.2) is 0 Å². The summed E-state index contributed by atoms with van der Waals surface area (Å²) in [4.78, 5) is 2.68. The molecule has 0 aromatic heterocycles. The zero-order chi connectivity index (χ0) is 12.6. The van der Waals surface area contributed by atoms with Crippen LogP contribution in [0.15, 0.2) is 30.3 Å². The van der Waals surface area contributed by atoms with Crippen LogP contribution in [-0.2, 0) is 6.54 Å². The smallest absolute Gasteiger partial charge is 0.0236 e. The Bertz CT molecular complexity index is 315. The molecule has 0 amide bonds. The first-order valence-corrected chi connectivity index (χ1v) is 7.39. The highest BCUT2D eigenvalue weighted by Crippen LogP contribution is 2.17. The maximum Gasteiger partial charge on any atom is 0.0236 e. The molecular formula is C16H26N2. The molecule has 0 bridgehead atoms. The summed E-state index contributed by atoms with van der Waals surface area (Å²) >= 11 is 0. The summed E-state index contributed by atoms with van der Waals surface area (Å²) in [5.41, 5.74) is 1.45. The molecule has 1 unspecified atom stereocenters. The van der Waals surface area contributed by atoms with Crippen LogP contribution in [0.1, 0.15) is 38.2 Å². The van der Waals surface area contributed by atoms with E-state index in [1.165, 1.54) is 50.9 Å². The van der Waals surface area contributed by atoms with Crippen molar-refractivity contribution < 1.29 is 0 Å². The van der Waals surface area contributed by atoms with Crippen LogP contribution in [0.5, 0.6) is 0 Å². The maximum atomic E-state index is 3.51. The number of rotatable bonds is 5. The minimum atomic E-state index is 0.764. The van der Waals surface area contributed by atoms with Crippen LogP contribution in [-0.4, -0.2) is 30.6 Å². The highest BCUT2D eigenvalue weighted by molar-refractivity contribution is 5.14. The zero-order valence-corrected chi connectivity index (χ0v) is 11.6. The Labute approximate surface area is 111 Å². The van der Waals surface area contributed by atoms with Crippen molar-refractivity contribution in [1.29, 1.82) is 0 Å². The molecule has 18 heavy (non-hydrogen) atoms. The lowest BCUT2D eigenvalue weighted by molar-refractivity contribution is 0.173. The van der Waals surface area contributed by atoms with Crippen molar-refractivity contribution in [2.75, 3.05) is 19.6 Å². The summed E-state index contributed by atoms with van der Waals surface area (Å²) in [5.74, 6) is 0. The Kier molecular flexibility index (Phi) is 5.69. The Hall–Kier alpha value is -0.860. The highest BCUT2D eigenvalue weighted by Gasteiger charge is 2.19. The molecule has 0 radical (unpaired) electrons. The van der Waals surface area contributed by atoms with Gasteiger partial charge in [0, 0.05) is 12.6 Å². The molecule has 1 atom stereocenters. The third kappa shape index (κ3) is 4.11. The lowest BCUT2D eigenvalue weighted by Gasteiger charge is -2.30. The quantitative estimate of drug-likeness (QED) is 0.859. The number of benzene rings is 1. The van der Waals surface area contributed by atoms with E-state index in [-0.39, 0.29) is 0 Å². The van der Waals surface area contributed by atoms with Gasteiger partial charge in [0.25, 0.3) is 0 Å². The van der Waals surface area contributed by atoms with Gasteiger partial charge in [-0.3, -0.25) is 4.90 Å². The van der Waals surface area contributed by atoms with E-state index in [1.54, 1.807) is 0 Å². The van der Waals surface area contributed by atoms with E-state index < -0.39 is 0 Å². The number of nitrogens with one attached hydrogen (secondary N) is 1. The molecule has 1 heterocycles. The van der Waals surface area contributed by atoms with E-state index in [2.05, 4.69) is 47.5 Å². The Balaban J connectivity index is 1.97. The molecule has 1 aromatic carbocycles. The van der Waals surface area contributed by atoms with Gasteiger partial charge in [-0.1, -0.05) is 37.3 Å². The predicted octanol–water partition coefficient (Wildman–Crippen LogP) is 3.04. The normalized spacial score (nSPS) is 20.9. The topological polar surface area (TPSA) is 15.3 Å². The van der Waals surface area contributed by atoms with Crippen LogP contribution in [0.25, 0.3) is 0 Å². The maximum absolute atomic E-state index is 3.51. The van der Waals surface area contributed by atoms with E-state index in [1.807, 2.05) is 0 Å². The van der Waals surface area contributed by atoms with E-state index in [9.17, 15) is 0 Å². The lowest BCUT2D eigenvalue weighted by atomic mass is 10.1. The average Bonchev–Trinajstić information content (AvgIpc) is 2.68. The summed E-state index contributed by atoms with van der Waals surface area (Å²) in [5, 5.41) is 3.51. The molecule has 1 N–H and O–H groups in total. The van der Waals surface area contributed by atoms with E-state index in [0.29, 0.717) is 0 Å². The third-order valence-corrected chi connectivity index (χ3v) is 3.80. The molecule has 0 saturated carbocycles. The molecule has 1 aromatic rings. The molecule has 0 spiro atoms. The van der Waals surface area contributed by atoms with Crippen LogP contribution in [0.4, 0.5) is 0 Å². The van der Waals surface area contributed by atoms with Gasteiger partial charge in [-0.15, -0.1) is 0 Å². The summed E-state index contributed by atoms with van der Waals surface area (Å²) < 4.78 is 0.